The lowest BCUT2D eigenvalue weighted by Crippen LogP contribution is -2.46. The number of nitrogens with two attached hydrogens (primary N) is 2. The van der Waals surface area contributed by atoms with Gasteiger partial charge in [-0.25, -0.2) is 0 Å². The Morgan fingerprint density at radius 3 is 2.52 bits per heavy atom. The van der Waals surface area contributed by atoms with Crippen molar-refractivity contribution >= 4 is 11.8 Å². The quantitative estimate of drug-likeness (QED) is 0.710. The molecule has 112 valence electrons. The fraction of sp³-hybridized carbons (Fsp3) is 0.375. The van der Waals surface area contributed by atoms with Crippen molar-refractivity contribution in [2.24, 2.45) is 11.5 Å². The van der Waals surface area contributed by atoms with E-state index in [1.165, 1.54) is 0 Å². The van der Waals surface area contributed by atoms with Crippen LogP contribution >= 0.6 is 0 Å². The molecule has 0 aliphatic carbocycles. The highest BCUT2D eigenvalue weighted by Crippen LogP contribution is 2.13. The predicted octanol–water partition coefficient (Wildman–Crippen LogP) is 0.689. The maximum absolute atomic E-state index is 12.2. The van der Waals surface area contributed by atoms with E-state index in [9.17, 15) is 9.59 Å². The second-order valence-electron chi connectivity index (χ2n) is 5.52. The second kappa shape index (κ2) is 6.91. The maximum Gasteiger partial charge on any atom is 0.251 e. The summed E-state index contributed by atoms with van der Waals surface area (Å²) in [5.74, 6) is 5.02. The van der Waals surface area contributed by atoms with Gasteiger partial charge in [0.2, 0.25) is 5.91 Å². The summed E-state index contributed by atoms with van der Waals surface area (Å²) in [4.78, 5) is 23.2. The van der Waals surface area contributed by atoms with Gasteiger partial charge in [0.05, 0.1) is 6.54 Å². The van der Waals surface area contributed by atoms with Gasteiger partial charge < -0.3 is 16.8 Å². The normalized spacial score (nSPS) is 10.5. The first-order valence-corrected chi connectivity index (χ1v) is 6.65. The number of nitrogens with one attached hydrogen (secondary N) is 1. The maximum atomic E-state index is 12.2. The Hall–Kier alpha value is -2.32. The molecule has 1 aromatic carbocycles. The summed E-state index contributed by atoms with van der Waals surface area (Å²) in [5, 5.41) is 2.80. The lowest BCUT2D eigenvalue weighted by Gasteiger charge is -2.24. The summed E-state index contributed by atoms with van der Waals surface area (Å²) in [7, 11) is 0. The van der Waals surface area contributed by atoms with Crippen LogP contribution in [0.3, 0.4) is 0 Å². The van der Waals surface area contributed by atoms with Gasteiger partial charge in [-0.05, 0) is 44.5 Å². The molecule has 0 atom stereocenters. The van der Waals surface area contributed by atoms with Gasteiger partial charge in [0.1, 0.15) is 0 Å². The lowest BCUT2D eigenvalue weighted by molar-refractivity contribution is -0.119. The third-order valence-corrected chi connectivity index (χ3v) is 2.88. The second-order valence-corrected chi connectivity index (χ2v) is 5.52. The molecule has 0 fully saturated rings. The minimum absolute atomic E-state index is 0.0811. The minimum atomic E-state index is -0.686. The summed E-state index contributed by atoms with van der Waals surface area (Å²) in [6.45, 7) is 5.68. The van der Waals surface area contributed by atoms with Crippen molar-refractivity contribution in [1.29, 1.82) is 0 Å². The molecule has 5 heteroatoms. The van der Waals surface area contributed by atoms with Crippen LogP contribution in [0, 0.1) is 18.8 Å². The fourth-order valence-corrected chi connectivity index (χ4v) is 1.95. The largest absolute Gasteiger partial charge is 0.370 e. The van der Waals surface area contributed by atoms with Crippen molar-refractivity contribution in [1.82, 2.24) is 5.32 Å². The molecule has 0 aliphatic heterocycles. The molecule has 0 aliphatic rings. The lowest BCUT2D eigenvalue weighted by atomic mass is 9.98. The topological polar surface area (TPSA) is 98.2 Å². The average Bonchev–Trinajstić information content (AvgIpc) is 2.34. The highest BCUT2D eigenvalue weighted by Gasteiger charge is 2.23. The Morgan fingerprint density at radius 2 is 2.00 bits per heavy atom. The molecule has 0 bridgehead atoms. The van der Waals surface area contributed by atoms with Gasteiger partial charge in [-0.2, -0.15) is 0 Å². The van der Waals surface area contributed by atoms with E-state index >= 15 is 0 Å². The van der Waals surface area contributed by atoms with Crippen LogP contribution in [0.4, 0.5) is 0 Å². The molecule has 2 amide bonds. The number of benzene rings is 1. The molecule has 0 aromatic heterocycles. The zero-order valence-electron chi connectivity index (χ0n) is 12.6. The van der Waals surface area contributed by atoms with E-state index in [2.05, 4.69) is 17.2 Å². The number of amides is 2. The number of carbonyl (C=O) groups excluding carboxylic acids is 2. The van der Waals surface area contributed by atoms with E-state index in [0.29, 0.717) is 12.1 Å². The molecule has 0 heterocycles. The van der Waals surface area contributed by atoms with Crippen molar-refractivity contribution in [2.75, 3.05) is 6.54 Å². The van der Waals surface area contributed by atoms with Crippen LogP contribution in [-0.2, 0) is 4.79 Å². The van der Waals surface area contributed by atoms with E-state index in [1.54, 1.807) is 32.0 Å². The molecule has 1 aromatic rings. The van der Waals surface area contributed by atoms with Crippen molar-refractivity contribution < 1.29 is 9.59 Å². The standard InChI is InChI=1S/C16H21N3O2/c1-11-9-13(7-6-12(11)5-4-8-17)15(21)19-16(2,3)10-14(18)20/h6-7,9H,8,10,17H2,1-3H3,(H2,18,20)(H,19,21). The highest BCUT2D eigenvalue weighted by atomic mass is 16.2. The van der Waals surface area contributed by atoms with Crippen LogP contribution in [0.25, 0.3) is 0 Å². The zero-order chi connectivity index (χ0) is 16.0. The first kappa shape index (κ1) is 16.7. The van der Waals surface area contributed by atoms with E-state index in [0.717, 1.165) is 11.1 Å². The van der Waals surface area contributed by atoms with Crippen molar-refractivity contribution in [3.05, 3.63) is 34.9 Å². The average molecular weight is 287 g/mol. The van der Waals surface area contributed by atoms with Crippen LogP contribution in [0.2, 0.25) is 0 Å². The molecule has 1 rings (SSSR count). The highest BCUT2D eigenvalue weighted by molar-refractivity contribution is 5.95. The van der Waals surface area contributed by atoms with Crippen LogP contribution < -0.4 is 16.8 Å². The summed E-state index contributed by atoms with van der Waals surface area (Å²) in [5.41, 5.74) is 12.1. The Labute approximate surface area is 125 Å². The smallest absolute Gasteiger partial charge is 0.251 e. The monoisotopic (exact) mass is 287 g/mol. The number of primary amides is 1. The summed E-state index contributed by atoms with van der Waals surface area (Å²) >= 11 is 0. The fourth-order valence-electron chi connectivity index (χ4n) is 1.95. The van der Waals surface area contributed by atoms with Gasteiger partial charge in [-0.3, -0.25) is 9.59 Å². The third kappa shape index (κ3) is 5.28. The Balaban J connectivity index is 2.89. The zero-order valence-corrected chi connectivity index (χ0v) is 12.6. The van der Waals surface area contributed by atoms with E-state index in [1.807, 2.05) is 6.92 Å². The first-order valence-electron chi connectivity index (χ1n) is 6.65. The predicted molar refractivity (Wildman–Crippen MR) is 82.5 cm³/mol. The molecule has 0 spiro atoms. The molecule has 5 N–H and O–H groups in total. The summed E-state index contributed by atoms with van der Waals surface area (Å²) in [6, 6.07) is 5.24. The number of aryl methyl sites for hydroxylation is 1. The Bertz CT molecular complexity index is 610. The van der Waals surface area contributed by atoms with Gasteiger partial charge >= 0.3 is 0 Å². The minimum Gasteiger partial charge on any atom is -0.370 e. The van der Waals surface area contributed by atoms with Crippen molar-refractivity contribution in [3.63, 3.8) is 0 Å². The summed E-state index contributed by atoms with van der Waals surface area (Å²) < 4.78 is 0. The van der Waals surface area contributed by atoms with Crippen molar-refractivity contribution in [3.8, 4) is 11.8 Å². The molecule has 0 radical (unpaired) electrons. The van der Waals surface area contributed by atoms with E-state index in [-0.39, 0.29) is 12.3 Å². The molecule has 0 saturated carbocycles. The molecule has 0 unspecified atom stereocenters. The first-order chi connectivity index (χ1) is 9.75. The van der Waals surface area contributed by atoms with Crippen LogP contribution in [0.5, 0.6) is 0 Å². The summed E-state index contributed by atoms with van der Waals surface area (Å²) in [6.07, 6.45) is 0.0811. The van der Waals surface area contributed by atoms with Gasteiger partial charge in [0.15, 0.2) is 0 Å². The van der Waals surface area contributed by atoms with Gasteiger partial charge in [0.25, 0.3) is 5.91 Å². The molecule has 21 heavy (non-hydrogen) atoms. The van der Waals surface area contributed by atoms with E-state index in [4.69, 9.17) is 11.5 Å². The van der Waals surface area contributed by atoms with Crippen molar-refractivity contribution in [2.45, 2.75) is 32.7 Å². The van der Waals surface area contributed by atoms with Crippen LogP contribution in [0.15, 0.2) is 18.2 Å². The molecular formula is C16H21N3O2. The Morgan fingerprint density at radius 1 is 1.33 bits per heavy atom. The van der Waals surface area contributed by atoms with Gasteiger partial charge in [-0.15, -0.1) is 0 Å². The molecular weight excluding hydrogens is 266 g/mol. The number of hydrogen-bond donors (Lipinski definition) is 3. The third-order valence-electron chi connectivity index (χ3n) is 2.88. The Kier molecular flexibility index (Phi) is 5.51. The van der Waals surface area contributed by atoms with Crippen LogP contribution in [-0.4, -0.2) is 23.9 Å². The van der Waals surface area contributed by atoms with E-state index < -0.39 is 11.4 Å². The number of rotatable bonds is 4. The number of hydrogen-bond acceptors (Lipinski definition) is 3. The van der Waals surface area contributed by atoms with Gasteiger partial charge in [-0.1, -0.05) is 11.8 Å². The SMILES string of the molecule is Cc1cc(C(=O)NC(C)(C)CC(N)=O)ccc1C#CCN. The molecule has 5 nitrogen and oxygen atoms in total. The van der Waals surface area contributed by atoms with Crippen LogP contribution in [0.1, 0.15) is 41.8 Å². The van der Waals surface area contributed by atoms with Gasteiger partial charge in [0, 0.05) is 23.1 Å². The number of carbonyl (C=O) groups is 2. The molecule has 0 saturated heterocycles.